The van der Waals surface area contributed by atoms with Gasteiger partial charge in [0.1, 0.15) is 4.60 Å². The Balaban J connectivity index is 1.78. The lowest BCUT2D eigenvalue weighted by Gasteiger charge is -2.04. The summed E-state index contributed by atoms with van der Waals surface area (Å²) in [6.07, 6.45) is 2.98. The van der Waals surface area contributed by atoms with Crippen LogP contribution in [0.15, 0.2) is 35.2 Å². The number of rotatable bonds is 2. The lowest BCUT2D eigenvalue weighted by Crippen LogP contribution is -2.13. The highest BCUT2D eigenvalue weighted by Crippen LogP contribution is 2.32. The maximum atomic E-state index is 12.0. The third kappa shape index (κ3) is 2.50. The summed E-state index contributed by atoms with van der Waals surface area (Å²) in [4.78, 5) is 20.0. The number of benzene rings is 1. The minimum atomic E-state index is -0.282. The Morgan fingerprint density at radius 3 is 2.84 bits per heavy atom. The highest BCUT2D eigenvalue weighted by atomic mass is 79.9. The zero-order valence-electron chi connectivity index (χ0n) is 9.59. The topological polar surface area (TPSA) is 73.3 Å². The molecular weight excluding hydrogens is 314 g/mol. The van der Waals surface area contributed by atoms with Crippen LogP contribution < -0.4 is 14.8 Å². The molecule has 19 heavy (non-hydrogen) atoms. The molecule has 0 bridgehead atoms. The average molecular weight is 322 g/mol. The molecule has 0 fully saturated rings. The number of carbonyl (C=O) groups excluding carboxylic acids is 1. The van der Waals surface area contributed by atoms with Crippen molar-refractivity contribution in [3.8, 4) is 11.5 Å². The summed E-state index contributed by atoms with van der Waals surface area (Å²) in [5, 5.41) is 2.65. The molecule has 0 atom stereocenters. The van der Waals surface area contributed by atoms with Gasteiger partial charge in [0.25, 0.3) is 5.91 Å². The summed E-state index contributed by atoms with van der Waals surface area (Å²) in [6.45, 7) is 0.179. The number of ether oxygens (including phenoxy) is 2. The molecule has 0 radical (unpaired) electrons. The third-order valence-corrected chi connectivity index (χ3v) is 2.91. The molecule has 2 heterocycles. The van der Waals surface area contributed by atoms with Gasteiger partial charge in [-0.25, -0.2) is 9.97 Å². The van der Waals surface area contributed by atoms with Crippen molar-refractivity contribution >= 4 is 27.7 Å². The molecular formula is C12H8BrN3O3. The van der Waals surface area contributed by atoms with Crippen molar-refractivity contribution in [3.63, 3.8) is 0 Å². The fourth-order valence-corrected chi connectivity index (χ4v) is 1.81. The second kappa shape index (κ2) is 4.85. The van der Waals surface area contributed by atoms with Crippen LogP contribution in [0.25, 0.3) is 0 Å². The van der Waals surface area contributed by atoms with E-state index in [0.717, 1.165) is 0 Å². The Hall–Kier alpha value is -2.15. The Morgan fingerprint density at radius 1 is 1.21 bits per heavy atom. The summed E-state index contributed by atoms with van der Waals surface area (Å²) in [7, 11) is 0. The predicted octanol–water partition coefficient (Wildman–Crippen LogP) is 2.22. The number of amides is 1. The molecule has 3 rings (SSSR count). The summed E-state index contributed by atoms with van der Waals surface area (Å²) < 4.78 is 11.0. The monoisotopic (exact) mass is 321 g/mol. The molecule has 2 aromatic rings. The van der Waals surface area contributed by atoms with E-state index in [9.17, 15) is 4.79 Å². The maximum absolute atomic E-state index is 12.0. The van der Waals surface area contributed by atoms with Crippen molar-refractivity contribution in [1.82, 2.24) is 9.97 Å². The Morgan fingerprint density at radius 2 is 2.05 bits per heavy atom. The van der Waals surface area contributed by atoms with Gasteiger partial charge in [0.2, 0.25) is 6.79 Å². The molecule has 7 heteroatoms. The first-order valence-corrected chi connectivity index (χ1v) is 6.20. The van der Waals surface area contributed by atoms with E-state index in [2.05, 4.69) is 31.2 Å². The zero-order chi connectivity index (χ0) is 13.2. The molecule has 1 aromatic heterocycles. The number of hydrogen-bond acceptors (Lipinski definition) is 5. The van der Waals surface area contributed by atoms with Crippen molar-refractivity contribution < 1.29 is 14.3 Å². The van der Waals surface area contributed by atoms with Crippen molar-refractivity contribution in [2.24, 2.45) is 0 Å². The van der Waals surface area contributed by atoms with E-state index in [1.54, 1.807) is 18.2 Å². The van der Waals surface area contributed by atoms with Crippen molar-refractivity contribution in [3.05, 3.63) is 40.8 Å². The lowest BCUT2D eigenvalue weighted by atomic mass is 10.2. The number of nitrogens with one attached hydrogen (secondary N) is 1. The maximum Gasteiger partial charge on any atom is 0.256 e. The molecule has 0 aliphatic carbocycles. The summed E-state index contributed by atoms with van der Waals surface area (Å²) in [5.41, 5.74) is 0.467. The molecule has 1 amide bonds. The SMILES string of the molecule is O=C(Nc1cnc(Br)cn1)c1ccc2c(c1)OCO2. The van der Waals surface area contributed by atoms with Crippen LogP contribution in [0.1, 0.15) is 10.4 Å². The standard InChI is InChI=1S/C12H8BrN3O3/c13-10-4-15-11(5-14-10)16-12(17)7-1-2-8-9(3-7)19-6-18-8/h1-5H,6H2,(H,15,16,17). The van der Waals surface area contributed by atoms with Crippen LogP contribution in [0.2, 0.25) is 0 Å². The van der Waals surface area contributed by atoms with Crippen LogP contribution in [0, 0.1) is 0 Å². The molecule has 1 aliphatic heterocycles. The average Bonchev–Trinajstić information content (AvgIpc) is 2.88. The first-order chi connectivity index (χ1) is 9.22. The van der Waals surface area contributed by atoms with Gasteiger partial charge in [-0.1, -0.05) is 0 Å². The van der Waals surface area contributed by atoms with E-state index in [1.165, 1.54) is 12.4 Å². The Labute approximate surface area is 116 Å². The number of fused-ring (bicyclic) bond motifs is 1. The zero-order valence-corrected chi connectivity index (χ0v) is 11.2. The van der Waals surface area contributed by atoms with Crippen LogP contribution in [0.5, 0.6) is 11.5 Å². The number of carbonyl (C=O) groups is 1. The number of halogens is 1. The van der Waals surface area contributed by atoms with Gasteiger partial charge in [0.05, 0.1) is 12.4 Å². The Bertz CT molecular complexity index is 631. The molecule has 1 aromatic carbocycles. The van der Waals surface area contributed by atoms with E-state index in [1.807, 2.05) is 0 Å². The number of hydrogen-bond donors (Lipinski definition) is 1. The van der Waals surface area contributed by atoms with Gasteiger partial charge in [-0.15, -0.1) is 0 Å². The van der Waals surface area contributed by atoms with E-state index < -0.39 is 0 Å². The first kappa shape index (κ1) is 11.9. The first-order valence-electron chi connectivity index (χ1n) is 5.41. The van der Waals surface area contributed by atoms with Gasteiger partial charge in [-0.05, 0) is 34.1 Å². The molecule has 1 N–H and O–H groups in total. The number of nitrogens with zero attached hydrogens (tertiary/aromatic N) is 2. The fourth-order valence-electron chi connectivity index (χ4n) is 1.60. The van der Waals surface area contributed by atoms with Gasteiger partial charge < -0.3 is 14.8 Å². The predicted molar refractivity (Wildman–Crippen MR) is 70.3 cm³/mol. The minimum absolute atomic E-state index is 0.179. The minimum Gasteiger partial charge on any atom is -0.454 e. The van der Waals surface area contributed by atoms with E-state index in [0.29, 0.717) is 27.5 Å². The quantitative estimate of drug-likeness (QED) is 0.918. The van der Waals surface area contributed by atoms with E-state index >= 15 is 0 Å². The lowest BCUT2D eigenvalue weighted by molar-refractivity contribution is 0.102. The number of anilines is 1. The molecule has 6 nitrogen and oxygen atoms in total. The largest absolute Gasteiger partial charge is 0.454 e. The van der Waals surface area contributed by atoms with Crippen LogP contribution in [-0.4, -0.2) is 22.7 Å². The summed E-state index contributed by atoms with van der Waals surface area (Å²) >= 11 is 3.17. The van der Waals surface area contributed by atoms with Gasteiger partial charge in [0, 0.05) is 5.56 Å². The highest BCUT2D eigenvalue weighted by molar-refractivity contribution is 9.10. The van der Waals surface area contributed by atoms with E-state index in [-0.39, 0.29) is 12.7 Å². The second-order valence-electron chi connectivity index (χ2n) is 3.75. The van der Waals surface area contributed by atoms with Crippen LogP contribution in [-0.2, 0) is 0 Å². The van der Waals surface area contributed by atoms with Gasteiger partial charge >= 0.3 is 0 Å². The van der Waals surface area contributed by atoms with Crippen LogP contribution in [0.3, 0.4) is 0 Å². The molecule has 0 unspecified atom stereocenters. The smallest absolute Gasteiger partial charge is 0.256 e. The Kier molecular flexibility index (Phi) is 3.04. The molecule has 0 saturated heterocycles. The van der Waals surface area contributed by atoms with Crippen LogP contribution in [0.4, 0.5) is 5.82 Å². The fraction of sp³-hybridized carbons (Fsp3) is 0.0833. The van der Waals surface area contributed by atoms with E-state index in [4.69, 9.17) is 9.47 Å². The number of aromatic nitrogens is 2. The van der Waals surface area contributed by atoms with Crippen LogP contribution >= 0.6 is 15.9 Å². The normalized spacial score (nSPS) is 12.3. The molecule has 0 saturated carbocycles. The molecule has 96 valence electrons. The van der Waals surface area contributed by atoms with Gasteiger partial charge in [-0.2, -0.15) is 0 Å². The van der Waals surface area contributed by atoms with Crippen molar-refractivity contribution in [2.75, 3.05) is 12.1 Å². The summed E-state index contributed by atoms with van der Waals surface area (Å²) in [6, 6.07) is 4.99. The third-order valence-electron chi connectivity index (χ3n) is 2.50. The van der Waals surface area contributed by atoms with Crippen molar-refractivity contribution in [2.45, 2.75) is 0 Å². The van der Waals surface area contributed by atoms with Crippen molar-refractivity contribution in [1.29, 1.82) is 0 Å². The van der Waals surface area contributed by atoms with Gasteiger partial charge in [-0.3, -0.25) is 4.79 Å². The molecule has 1 aliphatic rings. The highest BCUT2D eigenvalue weighted by Gasteiger charge is 2.16. The summed E-state index contributed by atoms with van der Waals surface area (Å²) in [5.74, 6) is 1.30. The second-order valence-corrected chi connectivity index (χ2v) is 4.56. The molecule has 0 spiro atoms. The van der Waals surface area contributed by atoms with Gasteiger partial charge in [0.15, 0.2) is 17.3 Å².